The van der Waals surface area contributed by atoms with Crippen molar-refractivity contribution in [1.29, 1.82) is 0 Å². The van der Waals surface area contributed by atoms with Gasteiger partial charge in [0.2, 0.25) is 0 Å². The third kappa shape index (κ3) is 1.47. The number of nitrogens with zero attached hydrogens (tertiary/aromatic N) is 1. The number of carbonyl (C=O) groups is 1. The summed E-state index contributed by atoms with van der Waals surface area (Å²) < 4.78 is 5.53. The van der Waals surface area contributed by atoms with Crippen molar-refractivity contribution in [3.05, 3.63) is 17.2 Å². The molecule has 0 radical (unpaired) electrons. The second-order valence-corrected chi connectivity index (χ2v) is 4.65. The van der Waals surface area contributed by atoms with E-state index >= 15 is 0 Å². The minimum absolute atomic E-state index is 0.0819. The number of benzene rings is 1. The lowest BCUT2D eigenvalue weighted by atomic mass is 10.00. The van der Waals surface area contributed by atoms with Crippen LogP contribution in [0.4, 0.5) is 5.69 Å². The van der Waals surface area contributed by atoms with Crippen molar-refractivity contribution < 1.29 is 14.6 Å². The molecule has 0 unspecified atom stereocenters. The van der Waals surface area contributed by atoms with Crippen LogP contribution in [-0.2, 0) is 6.42 Å². The van der Waals surface area contributed by atoms with Crippen molar-refractivity contribution in [2.45, 2.75) is 19.3 Å². The fourth-order valence-corrected chi connectivity index (χ4v) is 2.66. The summed E-state index contributed by atoms with van der Waals surface area (Å²) in [6, 6.07) is 1.73. The summed E-state index contributed by atoms with van der Waals surface area (Å²) >= 11 is 0. The lowest BCUT2D eigenvalue weighted by molar-refractivity contribution is 0.0983. The third-order valence-corrected chi connectivity index (χ3v) is 3.48. The fraction of sp³-hybridized carbons (Fsp3) is 0.462. The predicted molar refractivity (Wildman–Crippen MR) is 64.1 cm³/mol. The maximum absolute atomic E-state index is 12.1. The second kappa shape index (κ2) is 3.65. The molecule has 0 bridgehead atoms. The van der Waals surface area contributed by atoms with Gasteiger partial charge in [-0.25, -0.2) is 0 Å². The summed E-state index contributed by atoms with van der Waals surface area (Å²) in [6.07, 6.45) is 2.09. The summed E-state index contributed by atoms with van der Waals surface area (Å²) in [6.45, 7) is 1.38. The molecule has 2 aliphatic heterocycles. The van der Waals surface area contributed by atoms with E-state index in [2.05, 4.69) is 4.90 Å². The highest BCUT2D eigenvalue weighted by molar-refractivity contribution is 6.06. The van der Waals surface area contributed by atoms with Crippen molar-refractivity contribution in [2.24, 2.45) is 0 Å². The molecule has 90 valence electrons. The standard InChI is InChI=1S/C13H15NO3/c1-14-5-4-8-7-10(16)13-11(12(8)14)9(15)3-2-6-17-13/h7,16H,2-6H2,1H3. The zero-order valence-corrected chi connectivity index (χ0v) is 9.82. The van der Waals surface area contributed by atoms with Crippen LogP contribution in [0.25, 0.3) is 0 Å². The third-order valence-electron chi connectivity index (χ3n) is 3.48. The zero-order valence-electron chi connectivity index (χ0n) is 9.82. The van der Waals surface area contributed by atoms with Crippen molar-refractivity contribution in [2.75, 3.05) is 25.1 Å². The number of rotatable bonds is 0. The van der Waals surface area contributed by atoms with Gasteiger partial charge in [0.25, 0.3) is 0 Å². The number of ketones is 1. The van der Waals surface area contributed by atoms with Crippen LogP contribution in [-0.4, -0.2) is 31.1 Å². The Morgan fingerprint density at radius 3 is 3.06 bits per heavy atom. The van der Waals surface area contributed by atoms with Crippen LogP contribution in [0, 0.1) is 0 Å². The molecule has 0 amide bonds. The van der Waals surface area contributed by atoms with Gasteiger partial charge in [0, 0.05) is 20.0 Å². The van der Waals surface area contributed by atoms with Crippen molar-refractivity contribution >= 4 is 11.5 Å². The monoisotopic (exact) mass is 233 g/mol. The number of hydrogen-bond acceptors (Lipinski definition) is 4. The predicted octanol–water partition coefficient (Wildman–Crippen LogP) is 1.74. The number of fused-ring (bicyclic) bond motifs is 3. The average Bonchev–Trinajstić information content (AvgIpc) is 2.55. The number of likely N-dealkylation sites (N-methyl/N-ethyl adjacent to an activating group) is 1. The first-order valence-electron chi connectivity index (χ1n) is 5.94. The first-order valence-corrected chi connectivity index (χ1v) is 5.94. The lowest BCUT2D eigenvalue weighted by Crippen LogP contribution is -2.16. The molecule has 0 fully saturated rings. The van der Waals surface area contributed by atoms with Crippen molar-refractivity contribution in [3.8, 4) is 11.5 Å². The van der Waals surface area contributed by atoms with E-state index < -0.39 is 0 Å². The van der Waals surface area contributed by atoms with Crippen LogP contribution in [0.1, 0.15) is 28.8 Å². The Morgan fingerprint density at radius 1 is 1.41 bits per heavy atom. The van der Waals surface area contributed by atoms with Gasteiger partial charge in [-0.15, -0.1) is 0 Å². The molecule has 1 N–H and O–H groups in total. The highest BCUT2D eigenvalue weighted by Gasteiger charge is 2.30. The molecule has 2 aliphatic rings. The Labute approximate surface area is 99.8 Å². The second-order valence-electron chi connectivity index (χ2n) is 4.65. The van der Waals surface area contributed by atoms with E-state index in [1.54, 1.807) is 6.07 Å². The first-order chi connectivity index (χ1) is 8.18. The molecule has 0 spiro atoms. The molecule has 4 nitrogen and oxygen atoms in total. The Balaban J connectivity index is 2.28. The summed E-state index contributed by atoms with van der Waals surface area (Å²) in [5.41, 5.74) is 2.57. The minimum Gasteiger partial charge on any atom is -0.504 e. The molecule has 0 aliphatic carbocycles. The van der Waals surface area contributed by atoms with Gasteiger partial charge in [0.1, 0.15) is 0 Å². The van der Waals surface area contributed by atoms with Gasteiger partial charge in [-0.1, -0.05) is 0 Å². The molecule has 0 aromatic heterocycles. The van der Waals surface area contributed by atoms with Crippen LogP contribution in [0.3, 0.4) is 0 Å². The number of aromatic hydroxyl groups is 1. The van der Waals surface area contributed by atoms with Gasteiger partial charge in [-0.05, 0) is 24.5 Å². The lowest BCUT2D eigenvalue weighted by Gasteiger charge is -2.18. The Kier molecular flexibility index (Phi) is 2.24. The van der Waals surface area contributed by atoms with E-state index in [1.807, 2.05) is 7.05 Å². The number of ether oxygens (including phenoxy) is 1. The minimum atomic E-state index is 0.0819. The van der Waals surface area contributed by atoms with Crippen LogP contribution in [0.15, 0.2) is 6.07 Å². The van der Waals surface area contributed by atoms with E-state index in [0.717, 1.165) is 24.2 Å². The summed E-state index contributed by atoms with van der Waals surface area (Å²) in [4.78, 5) is 14.2. The van der Waals surface area contributed by atoms with E-state index in [1.165, 1.54) is 0 Å². The zero-order chi connectivity index (χ0) is 12.0. The summed E-state index contributed by atoms with van der Waals surface area (Å²) in [5.74, 6) is 0.558. The molecule has 0 atom stereocenters. The summed E-state index contributed by atoms with van der Waals surface area (Å²) in [5, 5.41) is 9.95. The van der Waals surface area contributed by atoms with Crippen LogP contribution in [0.2, 0.25) is 0 Å². The fourth-order valence-electron chi connectivity index (χ4n) is 2.66. The van der Waals surface area contributed by atoms with Gasteiger partial charge in [0.05, 0.1) is 17.9 Å². The Hall–Kier alpha value is -1.71. The van der Waals surface area contributed by atoms with Crippen LogP contribution >= 0.6 is 0 Å². The van der Waals surface area contributed by atoms with Gasteiger partial charge < -0.3 is 14.7 Å². The molecule has 2 heterocycles. The van der Waals surface area contributed by atoms with E-state index in [0.29, 0.717) is 30.8 Å². The van der Waals surface area contributed by atoms with Gasteiger partial charge in [-0.3, -0.25) is 4.79 Å². The summed E-state index contributed by atoms with van der Waals surface area (Å²) in [7, 11) is 1.97. The molecule has 1 aromatic rings. The molecule has 0 saturated heterocycles. The van der Waals surface area contributed by atoms with E-state index in [4.69, 9.17) is 4.74 Å². The number of anilines is 1. The molecule has 3 rings (SSSR count). The molecule has 1 aromatic carbocycles. The number of carbonyl (C=O) groups excluding carboxylic acids is 1. The van der Waals surface area contributed by atoms with E-state index in [-0.39, 0.29) is 11.5 Å². The first kappa shape index (κ1) is 10.4. The molecule has 17 heavy (non-hydrogen) atoms. The van der Waals surface area contributed by atoms with Gasteiger partial charge in [-0.2, -0.15) is 0 Å². The number of hydrogen-bond donors (Lipinski definition) is 1. The molecule has 4 heteroatoms. The number of phenols is 1. The van der Waals surface area contributed by atoms with Crippen LogP contribution < -0.4 is 9.64 Å². The topological polar surface area (TPSA) is 49.8 Å². The van der Waals surface area contributed by atoms with E-state index in [9.17, 15) is 9.90 Å². The average molecular weight is 233 g/mol. The quantitative estimate of drug-likeness (QED) is 0.741. The number of Topliss-reactive ketones (excluding diaryl/α,β-unsaturated/α-hetero) is 1. The molecular weight excluding hydrogens is 218 g/mol. The maximum Gasteiger partial charge on any atom is 0.173 e. The molecular formula is C13H15NO3. The smallest absolute Gasteiger partial charge is 0.173 e. The normalized spacial score (nSPS) is 18.4. The maximum atomic E-state index is 12.1. The van der Waals surface area contributed by atoms with Gasteiger partial charge in [0.15, 0.2) is 17.3 Å². The number of phenolic OH excluding ortho intramolecular Hbond substituents is 1. The van der Waals surface area contributed by atoms with Crippen LogP contribution in [0.5, 0.6) is 11.5 Å². The largest absolute Gasteiger partial charge is 0.504 e. The van der Waals surface area contributed by atoms with Gasteiger partial charge >= 0.3 is 0 Å². The molecule has 0 saturated carbocycles. The highest BCUT2D eigenvalue weighted by Crippen LogP contribution is 2.44. The van der Waals surface area contributed by atoms with Crippen molar-refractivity contribution in [3.63, 3.8) is 0 Å². The Morgan fingerprint density at radius 2 is 2.24 bits per heavy atom. The van der Waals surface area contributed by atoms with Crippen molar-refractivity contribution in [1.82, 2.24) is 0 Å². The highest BCUT2D eigenvalue weighted by atomic mass is 16.5. The SMILES string of the molecule is CN1CCc2cc(O)c3c(c21)C(=O)CCCO3. The Bertz CT molecular complexity index is 496.